The van der Waals surface area contributed by atoms with E-state index in [0.717, 1.165) is 32.6 Å². The molecule has 1 aliphatic heterocycles. The third-order valence-corrected chi connectivity index (χ3v) is 3.75. The third-order valence-electron chi connectivity index (χ3n) is 3.75. The largest absolute Gasteiger partial charge is 0.373 e. The molecule has 1 fully saturated rings. The maximum Gasteiger partial charge on any atom is 0.226 e. The summed E-state index contributed by atoms with van der Waals surface area (Å²) in [5, 5.41) is 3.24. The Hall–Kier alpha value is -0.970. The summed E-state index contributed by atoms with van der Waals surface area (Å²) < 4.78 is 0. The van der Waals surface area contributed by atoms with Gasteiger partial charge in [0.15, 0.2) is 0 Å². The van der Waals surface area contributed by atoms with E-state index in [1.807, 2.05) is 30.1 Å². The van der Waals surface area contributed by atoms with Crippen molar-refractivity contribution in [2.75, 3.05) is 45.2 Å². The molecule has 120 valence electrons. The van der Waals surface area contributed by atoms with Crippen LogP contribution in [0.1, 0.15) is 6.42 Å². The highest BCUT2D eigenvalue weighted by Crippen LogP contribution is 2.12. The van der Waals surface area contributed by atoms with Gasteiger partial charge in [-0.25, -0.2) is 0 Å². The van der Waals surface area contributed by atoms with Crippen molar-refractivity contribution in [2.45, 2.75) is 6.42 Å². The van der Waals surface area contributed by atoms with Crippen LogP contribution in [-0.4, -0.2) is 51.1 Å². The van der Waals surface area contributed by atoms with Crippen molar-refractivity contribution in [2.24, 2.45) is 5.92 Å². The maximum atomic E-state index is 12.2. The predicted octanol–water partition coefficient (Wildman–Crippen LogP) is 2.03. The van der Waals surface area contributed by atoms with E-state index in [2.05, 4.69) is 29.4 Å². The van der Waals surface area contributed by atoms with Crippen LogP contribution in [0.4, 0.5) is 5.69 Å². The zero-order valence-electron chi connectivity index (χ0n) is 12.6. The van der Waals surface area contributed by atoms with E-state index in [9.17, 15) is 4.79 Å². The monoisotopic (exact) mass is 333 g/mol. The van der Waals surface area contributed by atoms with E-state index in [1.54, 1.807) is 0 Å². The van der Waals surface area contributed by atoms with Crippen LogP contribution in [0, 0.1) is 5.92 Å². The molecule has 21 heavy (non-hydrogen) atoms. The van der Waals surface area contributed by atoms with Crippen LogP contribution in [0.5, 0.6) is 0 Å². The molecule has 4 nitrogen and oxygen atoms in total. The summed E-state index contributed by atoms with van der Waals surface area (Å²) in [6.07, 6.45) is 0.970. The smallest absolute Gasteiger partial charge is 0.226 e. The molecule has 1 saturated heterocycles. The quantitative estimate of drug-likeness (QED) is 0.895. The number of hydrogen-bond acceptors (Lipinski definition) is 3. The Bertz CT molecular complexity index is 411. The molecule has 1 aliphatic rings. The van der Waals surface area contributed by atoms with E-state index in [-0.39, 0.29) is 36.6 Å². The Labute approximate surface area is 139 Å². The number of rotatable bonds is 5. The van der Waals surface area contributed by atoms with Crippen molar-refractivity contribution < 1.29 is 4.79 Å². The Morgan fingerprint density at radius 2 is 1.86 bits per heavy atom. The van der Waals surface area contributed by atoms with Gasteiger partial charge >= 0.3 is 0 Å². The number of para-hydroxylation sites is 1. The van der Waals surface area contributed by atoms with Gasteiger partial charge < -0.3 is 15.1 Å². The number of likely N-dealkylation sites (N-methyl/N-ethyl adjacent to an activating group) is 2. The fourth-order valence-electron chi connectivity index (χ4n) is 2.40. The van der Waals surface area contributed by atoms with E-state index in [4.69, 9.17) is 0 Å². The first-order chi connectivity index (χ1) is 9.18. The molecular weight excluding hydrogens is 309 g/mol. The second-order valence-corrected chi connectivity index (χ2v) is 5.21. The van der Waals surface area contributed by atoms with Gasteiger partial charge in [0.05, 0.1) is 5.92 Å². The van der Waals surface area contributed by atoms with Gasteiger partial charge in [-0.3, -0.25) is 4.79 Å². The number of nitrogens with zero attached hydrogens (tertiary/aromatic N) is 2. The second-order valence-electron chi connectivity index (χ2n) is 5.21. The minimum atomic E-state index is 0. The van der Waals surface area contributed by atoms with E-state index >= 15 is 0 Å². The number of benzene rings is 1. The molecule has 1 amide bonds. The van der Waals surface area contributed by atoms with E-state index in [0.29, 0.717) is 0 Å². The minimum absolute atomic E-state index is 0. The topological polar surface area (TPSA) is 35.6 Å². The van der Waals surface area contributed by atoms with Gasteiger partial charge in [0, 0.05) is 39.4 Å². The number of carbonyl (C=O) groups excluding carboxylic acids is 1. The first-order valence-electron chi connectivity index (χ1n) is 6.90. The van der Waals surface area contributed by atoms with Crippen LogP contribution in [0.3, 0.4) is 0 Å². The normalized spacial score (nSPS) is 16.6. The highest BCUT2D eigenvalue weighted by molar-refractivity contribution is 5.85. The fraction of sp³-hybridized carbons (Fsp3) is 0.533. The minimum Gasteiger partial charge on any atom is -0.373 e. The van der Waals surface area contributed by atoms with Crippen molar-refractivity contribution in [1.29, 1.82) is 0 Å². The summed E-state index contributed by atoms with van der Waals surface area (Å²) in [5.41, 5.74) is 1.19. The number of anilines is 1. The van der Waals surface area contributed by atoms with Crippen LogP contribution >= 0.6 is 24.8 Å². The second kappa shape index (κ2) is 9.87. The highest BCUT2D eigenvalue weighted by Gasteiger charge is 2.25. The third kappa shape index (κ3) is 5.73. The van der Waals surface area contributed by atoms with Gasteiger partial charge in [0.1, 0.15) is 0 Å². The van der Waals surface area contributed by atoms with Crippen molar-refractivity contribution in [3.05, 3.63) is 30.3 Å². The Kier molecular flexibility index (Phi) is 9.42. The predicted molar refractivity (Wildman–Crippen MR) is 92.8 cm³/mol. The molecule has 0 aromatic heterocycles. The fourth-order valence-corrected chi connectivity index (χ4v) is 2.40. The van der Waals surface area contributed by atoms with Crippen LogP contribution in [-0.2, 0) is 4.79 Å². The molecule has 6 heteroatoms. The van der Waals surface area contributed by atoms with Gasteiger partial charge in [0.25, 0.3) is 0 Å². The molecule has 2 rings (SSSR count). The average molecular weight is 334 g/mol. The molecule has 1 aromatic carbocycles. The summed E-state index contributed by atoms with van der Waals surface area (Å²) in [6.45, 7) is 3.42. The van der Waals surface area contributed by atoms with Crippen molar-refractivity contribution in [3.8, 4) is 0 Å². The van der Waals surface area contributed by atoms with Crippen LogP contribution in [0.2, 0.25) is 0 Å². The summed E-state index contributed by atoms with van der Waals surface area (Å²) in [6, 6.07) is 10.3. The molecule has 0 aliphatic carbocycles. The molecule has 1 atom stereocenters. The molecule has 1 heterocycles. The maximum absolute atomic E-state index is 12.2. The highest BCUT2D eigenvalue weighted by atomic mass is 35.5. The van der Waals surface area contributed by atoms with E-state index in [1.165, 1.54) is 5.69 Å². The van der Waals surface area contributed by atoms with Crippen LogP contribution < -0.4 is 10.2 Å². The first kappa shape index (κ1) is 20.0. The zero-order chi connectivity index (χ0) is 13.7. The lowest BCUT2D eigenvalue weighted by Crippen LogP contribution is -2.38. The molecule has 1 aromatic rings. The lowest BCUT2D eigenvalue weighted by atomic mass is 10.1. The van der Waals surface area contributed by atoms with Crippen molar-refractivity contribution in [1.82, 2.24) is 10.2 Å². The van der Waals surface area contributed by atoms with Crippen LogP contribution in [0.25, 0.3) is 0 Å². The number of nitrogens with one attached hydrogen (secondary N) is 1. The van der Waals surface area contributed by atoms with Crippen molar-refractivity contribution in [3.63, 3.8) is 0 Å². The summed E-state index contributed by atoms with van der Waals surface area (Å²) in [7, 11) is 3.96. The van der Waals surface area contributed by atoms with Gasteiger partial charge in [-0.05, 0) is 25.1 Å². The molecular formula is C15H25Cl2N3O. The zero-order valence-corrected chi connectivity index (χ0v) is 14.3. The van der Waals surface area contributed by atoms with Crippen LogP contribution in [0.15, 0.2) is 30.3 Å². The Balaban J connectivity index is 0.00000200. The molecule has 1 N–H and O–H groups in total. The van der Waals surface area contributed by atoms with Gasteiger partial charge in [-0.1, -0.05) is 18.2 Å². The number of hydrogen-bond donors (Lipinski definition) is 1. The Morgan fingerprint density at radius 1 is 1.19 bits per heavy atom. The first-order valence-corrected chi connectivity index (χ1v) is 6.90. The average Bonchev–Trinajstić information content (AvgIpc) is 2.98. The molecule has 0 radical (unpaired) electrons. The number of halogens is 2. The molecule has 0 spiro atoms. The number of amides is 1. The van der Waals surface area contributed by atoms with Gasteiger partial charge in [-0.15, -0.1) is 24.8 Å². The standard InChI is InChI=1S/C15H23N3O.2ClH/c1-17(14-6-4-3-5-7-14)10-11-18(2)15(19)13-8-9-16-12-13;;/h3-7,13,16H,8-12H2,1-2H3;2*1H. The summed E-state index contributed by atoms with van der Waals surface area (Å²) in [5.74, 6) is 0.443. The van der Waals surface area contributed by atoms with Gasteiger partial charge in [-0.2, -0.15) is 0 Å². The Morgan fingerprint density at radius 3 is 2.43 bits per heavy atom. The van der Waals surface area contributed by atoms with Gasteiger partial charge in [0.2, 0.25) is 5.91 Å². The lowest BCUT2D eigenvalue weighted by molar-refractivity contribution is -0.133. The lowest BCUT2D eigenvalue weighted by Gasteiger charge is -2.25. The number of carbonyl (C=O) groups is 1. The molecule has 0 saturated carbocycles. The van der Waals surface area contributed by atoms with Crippen molar-refractivity contribution >= 4 is 36.4 Å². The summed E-state index contributed by atoms with van der Waals surface area (Å²) in [4.78, 5) is 16.2. The molecule has 1 unspecified atom stereocenters. The van der Waals surface area contributed by atoms with E-state index < -0.39 is 0 Å². The SMILES string of the molecule is CN(CCN(C)c1ccccc1)C(=O)C1CCNC1.Cl.Cl. The summed E-state index contributed by atoms with van der Waals surface area (Å²) >= 11 is 0. The molecule has 0 bridgehead atoms.